The molecule has 102 valence electrons. The van der Waals surface area contributed by atoms with Crippen LogP contribution in [0.15, 0.2) is 11.6 Å². The minimum absolute atomic E-state index is 0.353. The van der Waals surface area contributed by atoms with E-state index in [-0.39, 0.29) is 0 Å². The van der Waals surface area contributed by atoms with Gasteiger partial charge < -0.3 is 15.4 Å². The fourth-order valence-corrected chi connectivity index (χ4v) is 2.73. The summed E-state index contributed by atoms with van der Waals surface area (Å²) in [5.41, 5.74) is 1.59. The summed E-state index contributed by atoms with van der Waals surface area (Å²) in [6, 6.07) is 0. The molecule has 0 unspecified atom stereocenters. The Kier molecular flexibility index (Phi) is 5.94. The fraction of sp³-hybridized carbons (Fsp3) is 0.786. The summed E-state index contributed by atoms with van der Waals surface area (Å²) in [6.07, 6.45) is 11.5. The number of allylic oxidation sites excluding steroid dienone is 1. The maximum Gasteiger partial charge on any atom is 0.166 e. The van der Waals surface area contributed by atoms with Crippen LogP contribution in [0.2, 0.25) is 0 Å². The van der Waals surface area contributed by atoms with Crippen LogP contribution in [-0.4, -0.2) is 30.9 Å². The highest BCUT2D eigenvalue weighted by molar-refractivity contribution is 7.80. The molecule has 1 aliphatic carbocycles. The molecule has 2 aliphatic rings. The molecule has 0 spiro atoms. The minimum atomic E-state index is 0.353. The van der Waals surface area contributed by atoms with Crippen molar-refractivity contribution in [2.75, 3.05) is 19.7 Å². The maximum atomic E-state index is 5.54. The van der Waals surface area contributed by atoms with Crippen molar-refractivity contribution < 1.29 is 4.74 Å². The van der Waals surface area contributed by atoms with Gasteiger partial charge in [0.1, 0.15) is 0 Å². The number of nitrogens with one attached hydrogen (secondary N) is 2. The van der Waals surface area contributed by atoms with Gasteiger partial charge in [0, 0.05) is 19.7 Å². The number of ether oxygens (including phenoxy) is 1. The van der Waals surface area contributed by atoms with E-state index in [0.29, 0.717) is 6.10 Å². The van der Waals surface area contributed by atoms with Crippen LogP contribution in [0.5, 0.6) is 0 Å². The minimum Gasteiger partial charge on any atom is -0.376 e. The van der Waals surface area contributed by atoms with Crippen LogP contribution in [0, 0.1) is 0 Å². The van der Waals surface area contributed by atoms with Gasteiger partial charge in [-0.1, -0.05) is 11.6 Å². The Bertz CT molecular complexity index is 298. The first-order valence-electron chi connectivity index (χ1n) is 7.16. The van der Waals surface area contributed by atoms with Crippen LogP contribution in [-0.2, 0) is 4.74 Å². The molecule has 0 aromatic carbocycles. The highest BCUT2D eigenvalue weighted by Gasteiger charge is 2.15. The van der Waals surface area contributed by atoms with E-state index in [1.54, 1.807) is 5.57 Å². The van der Waals surface area contributed by atoms with Gasteiger partial charge in [-0.25, -0.2) is 0 Å². The van der Waals surface area contributed by atoms with Gasteiger partial charge >= 0.3 is 0 Å². The molecule has 1 fully saturated rings. The van der Waals surface area contributed by atoms with E-state index in [4.69, 9.17) is 17.0 Å². The molecule has 0 saturated carbocycles. The Hall–Kier alpha value is -0.610. The molecule has 2 N–H and O–H groups in total. The Balaban J connectivity index is 1.52. The molecule has 0 aromatic rings. The summed E-state index contributed by atoms with van der Waals surface area (Å²) in [6.45, 7) is 2.69. The first-order valence-corrected chi connectivity index (χ1v) is 7.56. The molecular formula is C14H24N2OS. The third kappa shape index (κ3) is 4.94. The van der Waals surface area contributed by atoms with Gasteiger partial charge in [-0.05, 0) is 57.2 Å². The van der Waals surface area contributed by atoms with Crippen molar-refractivity contribution in [3.8, 4) is 0 Å². The van der Waals surface area contributed by atoms with Crippen LogP contribution in [0.25, 0.3) is 0 Å². The fourth-order valence-electron chi connectivity index (χ4n) is 2.54. The van der Waals surface area contributed by atoms with Gasteiger partial charge in [0.05, 0.1) is 6.10 Å². The molecule has 0 radical (unpaired) electrons. The second-order valence-electron chi connectivity index (χ2n) is 5.13. The van der Waals surface area contributed by atoms with Crippen molar-refractivity contribution in [3.63, 3.8) is 0 Å². The van der Waals surface area contributed by atoms with E-state index < -0.39 is 0 Å². The third-order valence-corrected chi connectivity index (χ3v) is 3.92. The molecule has 4 heteroatoms. The molecule has 0 bridgehead atoms. The Morgan fingerprint density at radius 3 is 3.00 bits per heavy atom. The molecule has 0 amide bonds. The summed E-state index contributed by atoms with van der Waals surface area (Å²) in [7, 11) is 0. The zero-order valence-corrected chi connectivity index (χ0v) is 11.9. The largest absolute Gasteiger partial charge is 0.376 e. The zero-order chi connectivity index (χ0) is 12.6. The monoisotopic (exact) mass is 268 g/mol. The highest BCUT2D eigenvalue weighted by atomic mass is 32.1. The number of hydrogen-bond acceptors (Lipinski definition) is 2. The van der Waals surface area contributed by atoms with Crippen LogP contribution in [0.4, 0.5) is 0 Å². The average molecular weight is 268 g/mol. The summed E-state index contributed by atoms with van der Waals surface area (Å²) in [5.74, 6) is 0. The predicted molar refractivity (Wildman–Crippen MR) is 78.7 cm³/mol. The van der Waals surface area contributed by atoms with Crippen molar-refractivity contribution in [2.24, 2.45) is 0 Å². The lowest BCUT2D eigenvalue weighted by Gasteiger charge is -2.16. The first-order chi connectivity index (χ1) is 8.84. The van der Waals surface area contributed by atoms with E-state index in [0.717, 1.165) is 37.7 Å². The van der Waals surface area contributed by atoms with Crippen LogP contribution >= 0.6 is 12.2 Å². The van der Waals surface area contributed by atoms with E-state index in [2.05, 4.69) is 16.7 Å². The average Bonchev–Trinajstić information content (AvgIpc) is 2.91. The van der Waals surface area contributed by atoms with Crippen LogP contribution < -0.4 is 10.6 Å². The van der Waals surface area contributed by atoms with Crippen molar-refractivity contribution in [2.45, 2.75) is 51.0 Å². The lowest BCUT2D eigenvalue weighted by Crippen LogP contribution is -2.39. The molecule has 1 saturated heterocycles. The molecule has 1 atom stereocenters. The van der Waals surface area contributed by atoms with Gasteiger partial charge in [-0.2, -0.15) is 0 Å². The summed E-state index contributed by atoms with van der Waals surface area (Å²) in [4.78, 5) is 0. The molecule has 1 heterocycles. The Morgan fingerprint density at radius 2 is 2.28 bits per heavy atom. The molecule has 0 aromatic heterocycles. The first kappa shape index (κ1) is 13.8. The van der Waals surface area contributed by atoms with Crippen molar-refractivity contribution in [3.05, 3.63) is 11.6 Å². The second-order valence-corrected chi connectivity index (χ2v) is 5.54. The van der Waals surface area contributed by atoms with Crippen molar-refractivity contribution in [1.29, 1.82) is 0 Å². The van der Waals surface area contributed by atoms with Crippen molar-refractivity contribution >= 4 is 17.3 Å². The predicted octanol–water partition coefficient (Wildman–Crippen LogP) is 2.52. The van der Waals surface area contributed by atoms with Gasteiger partial charge in [0.25, 0.3) is 0 Å². The highest BCUT2D eigenvalue weighted by Crippen LogP contribution is 2.19. The smallest absolute Gasteiger partial charge is 0.166 e. The van der Waals surface area contributed by atoms with E-state index in [1.165, 1.54) is 32.1 Å². The zero-order valence-electron chi connectivity index (χ0n) is 11.0. The van der Waals surface area contributed by atoms with E-state index in [1.807, 2.05) is 0 Å². The van der Waals surface area contributed by atoms with Gasteiger partial charge in [-0.3, -0.25) is 0 Å². The number of thiocarbonyl (C=S) groups is 1. The maximum absolute atomic E-state index is 5.54. The SMILES string of the molecule is S=C(NCCC1=CCCCC1)NC[C@H]1CCCO1. The quantitative estimate of drug-likeness (QED) is 0.593. The summed E-state index contributed by atoms with van der Waals surface area (Å²) < 4.78 is 5.54. The second kappa shape index (κ2) is 7.74. The van der Waals surface area contributed by atoms with E-state index in [9.17, 15) is 0 Å². The van der Waals surface area contributed by atoms with Crippen LogP contribution in [0.1, 0.15) is 44.9 Å². The van der Waals surface area contributed by atoms with Gasteiger partial charge in [0.2, 0.25) is 0 Å². The molecule has 18 heavy (non-hydrogen) atoms. The molecular weight excluding hydrogens is 244 g/mol. The molecule has 3 nitrogen and oxygen atoms in total. The van der Waals surface area contributed by atoms with Gasteiger partial charge in [0.15, 0.2) is 5.11 Å². The summed E-state index contributed by atoms with van der Waals surface area (Å²) in [5, 5.41) is 7.28. The van der Waals surface area contributed by atoms with Gasteiger partial charge in [-0.15, -0.1) is 0 Å². The lowest BCUT2D eigenvalue weighted by molar-refractivity contribution is 0.114. The third-order valence-electron chi connectivity index (χ3n) is 3.63. The molecule has 1 aliphatic heterocycles. The van der Waals surface area contributed by atoms with Crippen molar-refractivity contribution in [1.82, 2.24) is 10.6 Å². The topological polar surface area (TPSA) is 33.3 Å². The number of hydrogen-bond donors (Lipinski definition) is 2. The molecule has 2 rings (SSSR count). The Morgan fingerprint density at radius 1 is 1.33 bits per heavy atom. The summed E-state index contributed by atoms with van der Waals surface area (Å²) >= 11 is 5.26. The van der Waals surface area contributed by atoms with E-state index >= 15 is 0 Å². The standard InChI is InChI=1S/C14H24N2OS/c18-14(16-11-13-7-4-10-17-13)15-9-8-12-5-2-1-3-6-12/h5,13H,1-4,6-11H2,(H2,15,16,18)/t13-/m1/s1. The number of rotatable bonds is 5. The van der Waals surface area contributed by atoms with Crippen LogP contribution in [0.3, 0.4) is 0 Å². The Labute approximate surface area is 115 Å². The lowest BCUT2D eigenvalue weighted by atomic mass is 9.97. The normalized spacial score (nSPS) is 23.6.